The monoisotopic (exact) mass is 337 g/mol. The fourth-order valence-electron chi connectivity index (χ4n) is 1.67. The number of rotatable bonds is 6. The summed E-state index contributed by atoms with van der Waals surface area (Å²) in [6.07, 6.45) is 3.29. The third-order valence-electron chi connectivity index (χ3n) is 2.58. The molecule has 0 spiro atoms. The van der Waals surface area contributed by atoms with Crippen LogP contribution in [0.3, 0.4) is 0 Å². The number of hydrogen-bond acceptors (Lipinski definition) is 3. The molecule has 1 unspecified atom stereocenters. The molecule has 1 atom stereocenters. The predicted molar refractivity (Wildman–Crippen MR) is 79.5 cm³/mol. The molecule has 2 aromatic rings. The first-order valence-electron chi connectivity index (χ1n) is 6.30. The van der Waals surface area contributed by atoms with Gasteiger partial charge in [0.15, 0.2) is 0 Å². The van der Waals surface area contributed by atoms with E-state index < -0.39 is 0 Å². The van der Waals surface area contributed by atoms with Crippen LogP contribution in [0, 0.1) is 0 Å². The SMILES string of the molecule is CC(CNC(=O)Cn1cccn1)Oc1cccc(Br)c1. The van der Waals surface area contributed by atoms with E-state index in [4.69, 9.17) is 4.74 Å². The second-order valence-corrected chi connectivity index (χ2v) is 5.31. The van der Waals surface area contributed by atoms with Gasteiger partial charge >= 0.3 is 0 Å². The highest BCUT2D eigenvalue weighted by Crippen LogP contribution is 2.18. The van der Waals surface area contributed by atoms with E-state index in [2.05, 4.69) is 26.3 Å². The van der Waals surface area contributed by atoms with Crippen molar-refractivity contribution < 1.29 is 9.53 Å². The first kappa shape index (κ1) is 14.6. The summed E-state index contributed by atoms with van der Waals surface area (Å²) < 4.78 is 8.26. The molecule has 5 nitrogen and oxygen atoms in total. The molecule has 1 heterocycles. The minimum atomic E-state index is -0.106. The Hall–Kier alpha value is -1.82. The summed E-state index contributed by atoms with van der Waals surface area (Å²) in [5.74, 6) is 0.687. The highest BCUT2D eigenvalue weighted by molar-refractivity contribution is 9.10. The zero-order valence-electron chi connectivity index (χ0n) is 11.1. The highest BCUT2D eigenvalue weighted by atomic mass is 79.9. The second kappa shape index (κ2) is 7.09. The van der Waals surface area contributed by atoms with E-state index >= 15 is 0 Å². The molecule has 0 aliphatic heterocycles. The Morgan fingerprint density at radius 3 is 3.05 bits per heavy atom. The number of amides is 1. The van der Waals surface area contributed by atoms with Crippen LogP contribution in [0.2, 0.25) is 0 Å². The Morgan fingerprint density at radius 2 is 2.35 bits per heavy atom. The van der Waals surface area contributed by atoms with E-state index in [9.17, 15) is 4.79 Å². The molecule has 0 aliphatic rings. The van der Waals surface area contributed by atoms with Crippen LogP contribution in [0.4, 0.5) is 0 Å². The molecule has 2 rings (SSSR count). The zero-order chi connectivity index (χ0) is 14.4. The van der Waals surface area contributed by atoms with Crippen molar-refractivity contribution >= 4 is 21.8 Å². The molecule has 0 bridgehead atoms. The van der Waals surface area contributed by atoms with Crippen LogP contribution >= 0.6 is 15.9 Å². The van der Waals surface area contributed by atoms with Crippen LogP contribution in [0.1, 0.15) is 6.92 Å². The summed E-state index contributed by atoms with van der Waals surface area (Å²) in [6.45, 7) is 2.58. The molecule has 106 valence electrons. The van der Waals surface area contributed by atoms with Crippen molar-refractivity contribution in [1.29, 1.82) is 0 Å². The third-order valence-corrected chi connectivity index (χ3v) is 3.08. The lowest BCUT2D eigenvalue weighted by molar-refractivity contribution is -0.122. The fraction of sp³-hybridized carbons (Fsp3) is 0.286. The number of carbonyl (C=O) groups is 1. The Kier molecular flexibility index (Phi) is 5.17. The van der Waals surface area contributed by atoms with Gasteiger partial charge in [-0.05, 0) is 31.2 Å². The van der Waals surface area contributed by atoms with Crippen LogP contribution in [-0.2, 0) is 11.3 Å². The first-order chi connectivity index (χ1) is 9.63. The van der Waals surface area contributed by atoms with Crippen LogP contribution in [0.25, 0.3) is 0 Å². The van der Waals surface area contributed by atoms with Crippen LogP contribution in [0.5, 0.6) is 5.75 Å². The van der Waals surface area contributed by atoms with Gasteiger partial charge in [-0.15, -0.1) is 0 Å². The average Bonchev–Trinajstić information content (AvgIpc) is 2.89. The molecular weight excluding hydrogens is 322 g/mol. The number of halogens is 1. The van der Waals surface area contributed by atoms with Crippen molar-refractivity contribution in [3.05, 3.63) is 47.2 Å². The van der Waals surface area contributed by atoms with E-state index in [0.717, 1.165) is 10.2 Å². The van der Waals surface area contributed by atoms with Crippen molar-refractivity contribution in [2.45, 2.75) is 19.6 Å². The summed E-state index contributed by atoms with van der Waals surface area (Å²) in [7, 11) is 0. The largest absolute Gasteiger partial charge is 0.489 e. The number of benzene rings is 1. The molecule has 1 aromatic heterocycles. The van der Waals surface area contributed by atoms with Crippen LogP contribution < -0.4 is 10.1 Å². The smallest absolute Gasteiger partial charge is 0.241 e. The van der Waals surface area contributed by atoms with Crippen molar-refractivity contribution in [2.24, 2.45) is 0 Å². The standard InChI is InChI=1S/C14H16BrN3O2/c1-11(20-13-5-2-4-12(15)8-13)9-16-14(19)10-18-7-3-6-17-18/h2-8,11H,9-10H2,1H3,(H,16,19). The van der Waals surface area contributed by atoms with Crippen molar-refractivity contribution in [3.63, 3.8) is 0 Å². The maximum atomic E-state index is 11.7. The number of ether oxygens (including phenoxy) is 1. The van der Waals surface area contributed by atoms with Crippen LogP contribution in [-0.4, -0.2) is 28.3 Å². The number of hydrogen-bond donors (Lipinski definition) is 1. The minimum absolute atomic E-state index is 0.0848. The molecule has 0 radical (unpaired) electrons. The third kappa shape index (κ3) is 4.70. The quantitative estimate of drug-likeness (QED) is 0.879. The van der Waals surface area contributed by atoms with Gasteiger partial charge in [-0.25, -0.2) is 0 Å². The van der Waals surface area contributed by atoms with Gasteiger partial charge in [0, 0.05) is 16.9 Å². The van der Waals surface area contributed by atoms with Crippen molar-refractivity contribution in [2.75, 3.05) is 6.54 Å². The molecule has 0 fully saturated rings. The Labute approximate surface area is 126 Å². The lowest BCUT2D eigenvalue weighted by Crippen LogP contribution is -2.35. The maximum absolute atomic E-state index is 11.7. The highest BCUT2D eigenvalue weighted by Gasteiger charge is 2.08. The minimum Gasteiger partial charge on any atom is -0.489 e. The van der Waals surface area contributed by atoms with E-state index in [1.165, 1.54) is 0 Å². The normalized spacial score (nSPS) is 11.9. The molecule has 0 aliphatic carbocycles. The zero-order valence-corrected chi connectivity index (χ0v) is 12.7. The summed E-state index contributed by atoms with van der Waals surface area (Å²) in [5, 5.41) is 6.80. The Balaban J connectivity index is 1.74. The van der Waals surface area contributed by atoms with E-state index in [1.54, 1.807) is 23.1 Å². The van der Waals surface area contributed by atoms with Gasteiger partial charge in [-0.1, -0.05) is 22.0 Å². The molecule has 1 amide bonds. The summed E-state index contributed by atoms with van der Waals surface area (Å²) >= 11 is 3.39. The topological polar surface area (TPSA) is 56.2 Å². The lowest BCUT2D eigenvalue weighted by atomic mass is 10.3. The van der Waals surface area contributed by atoms with Gasteiger partial charge in [0.25, 0.3) is 0 Å². The van der Waals surface area contributed by atoms with Gasteiger partial charge in [0.1, 0.15) is 18.4 Å². The van der Waals surface area contributed by atoms with Crippen LogP contribution in [0.15, 0.2) is 47.2 Å². The second-order valence-electron chi connectivity index (χ2n) is 4.39. The predicted octanol–water partition coefficient (Wildman–Crippen LogP) is 2.23. The fourth-order valence-corrected chi connectivity index (χ4v) is 2.05. The maximum Gasteiger partial charge on any atom is 0.241 e. The molecular formula is C14H16BrN3O2. The number of aromatic nitrogens is 2. The number of carbonyl (C=O) groups excluding carboxylic acids is 1. The molecule has 1 N–H and O–H groups in total. The van der Waals surface area contributed by atoms with E-state index in [0.29, 0.717) is 6.54 Å². The van der Waals surface area contributed by atoms with Gasteiger partial charge in [-0.3, -0.25) is 9.48 Å². The summed E-state index contributed by atoms with van der Waals surface area (Å²) in [5.41, 5.74) is 0. The van der Waals surface area contributed by atoms with Gasteiger partial charge in [-0.2, -0.15) is 5.10 Å². The van der Waals surface area contributed by atoms with Gasteiger partial charge < -0.3 is 10.1 Å². The Bertz CT molecular complexity index is 557. The van der Waals surface area contributed by atoms with E-state index in [-0.39, 0.29) is 18.6 Å². The summed E-state index contributed by atoms with van der Waals surface area (Å²) in [6, 6.07) is 9.40. The molecule has 20 heavy (non-hydrogen) atoms. The first-order valence-corrected chi connectivity index (χ1v) is 7.09. The molecule has 1 aromatic carbocycles. The molecule has 0 saturated carbocycles. The summed E-state index contributed by atoms with van der Waals surface area (Å²) in [4.78, 5) is 11.7. The van der Waals surface area contributed by atoms with Crippen molar-refractivity contribution in [1.82, 2.24) is 15.1 Å². The van der Waals surface area contributed by atoms with Gasteiger partial charge in [0.05, 0.1) is 6.54 Å². The van der Waals surface area contributed by atoms with Crippen molar-refractivity contribution in [3.8, 4) is 5.75 Å². The van der Waals surface area contributed by atoms with Gasteiger partial charge in [0.2, 0.25) is 5.91 Å². The van der Waals surface area contributed by atoms with E-state index in [1.807, 2.05) is 31.2 Å². The average molecular weight is 338 g/mol. The number of nitrogens with one attached hydrogen (secondary N) is 1. The lowest BCUT2D eigenvalue weighted by Gasteiger charge is -2.15. The Morgan fingerprint density at radius 1 is 1.50 bits per heavy atom. The molecule has 6 heteroatoms. The number of nitrogens with zero attached hydrogens (tertiary/aromatic N) is 2. The molecule has 0 saturated heterocycles.